The molecule has 0 aliphatic carbocycles. The van der Waals surface area contributed by atoms with Gasteiger partial charge in [0.25, 0.3) is 0 Å². The van der Waals surface area contributed by atoms with Crippen molar-refractivity contribution in [3.8, 4) is 0 Å². The van der Waals surface area contributed by atoms with Gasteiger partial charge in [0.15, 0.2) is 0 Å². The Balaban J connectivity index is 2.31. The number of amides is 1. The van der Waals surface area contributed by atoms with Crippen LogP contribution in [-0.2, 0) is 14.3 Å². The van der Waals surface area contributed by atoms with Crippen LogP contribution in [0.15, 0.2) is 0 Å². The van der Waals surface area contributed by atoms with Crippen molar-refractivity contribution in [1.29, 1.82) is 0 Å². The molecular formula is C14H25NO4S. The lowest BCUT2D eigenvalue weighted by molar-refractivity contribution is -0.146. The third kappa shape index (κ3) is 5.32. The van der Waals surface area contributed by atoms with Gasteiger partial charge in [-0.15, -0.1) is 0 Å². The number of aliphatic carboxylic acids is 1. The minimum absolute atomic E-state index is 0.123. The summed E-state index contributed by atoms with van der Waals surface area (Å²) in [6.45, 7) is 6.58. The molecule has 0 aromatic rings. The summed E-state index contributed by atoms with van der Waals surface area (Å²) in [6.07, 6.45) is 1.78. The van der Waals surface area contributed by atoms with E-state index in [0.29, 0.717) is 24.7 Å². The quantitative estimate of drug-likeness (QED) is 0.716. The standard InChI is InChI=1S/C14H25NO4S/c1-10(2)8-11(3)19-6-4-12(16)15-14(13(17)18)5-7-20-9-14/h10-11H,4-9H2,1-3H3,(H,15,16)(H,17,18). The third-order valence-electron chi connectivity index (χ3n) is 3.34. The van der Waals surface area contributed by atoms with Crippen molar-refractivity contribution in [1.82, 2.24) is 5.32 Å². The fraction of sp³-hybridized carbons (Fsp3) is 0.857. The van der Waals surface area contributed by atoms with Gasteiger partial charge < -0.3 is 15.2 Å². The first-order valence-electron chi connectivity index (χ1n) is 7.09. The molecule has 1 aliphatic rings. The highest BCUT2D eigenvalue weighted by atomic mass is 32.2. The van der Waals surface area contributed by atoms with E-state index in [1.54, 1.807) is 11.8 Å². The summed E-state index contributed by atoms with van der Waals surface area (Å²) in [5.74, 6) is 0.592. The van der Waals surface area contributed by atoms with Crippen molar-refractivity contribution in [2.24, 2.45) is 5.92 Å². The van der Waals surface area contributed by atoms with Crippen molar-refractivity contribution in [3.05, 3.63) is 0 Å². The second-order valence-electron chi connectivity index (χ2n) is 5.80. The fourth-order valence-electron chi connectivity index (χ4n) is 2.30. The van der Waals surface area contributed by atoms with Crippen LogP contribution in [0.3, 0.4) is 0 Å². The third-order valence-corrected chi connectivity index (χ3v) is 4.53. The lowest BCUT2D eigenvalue weighted by atomic mass is 9.99. The zero-order chi connectivity index (χ0) is 15.2. The molecule has 0 bridgehead atoms. The van der Waals surface area contributed by atoms with E-state index in [-0.39, 0.29) is 18.4 Å². The fourth-order valence-corrected chi connectivity index (χ4v) is 3.63. The van der Waals surface area contributed by atoms with Crippen LogP contribution in [0.4, 0.5) is 0 Å². The maximum absolute atomic E-state index is 11.8. The van der Waals surface area contributed by atoms with Crippen molar-refractivity contribution < 1.29 is 19.4 Å². The monoisotopic (exact) mass is 303 g/mol. The molecule has 1 fully saturated rings. The van der Waals surface area contributed by atoms with Gasteiger partial charge in [0.2, 0.25) is 5.91 Å². The Labute approximate surface area is 124 Å². The molecule has 2 N–H and O–H groups in total. The Bertz CT molecular complexity index is 340. The Morgan fingerprint density at radius 3 is 2.60 bits per heavy atom. The maximum atomic E-state index is 11.8. The van der Waals surface area contributed by atoms with E-state index in [1.807, 2.05) is 6.92 Å². The largest absolute Gasteiger partial charge is 0.479 e. The van der Waals surface area contributed by atoms with Crippen LogP contribution in [0.1, 0.15) is 40.0 Å². The van der Waals surface area contributed by atoms with Crippen LogP contribution in [0.25, 0.3) is 0 Å². The molecular weight excluding hydrogens is 278 g/mol. The number of hydrogen-bond acceptors (Lipinski definition) is 4. The molecule has 0 aromatic carbocycles. The molecule has 5 nitrogen and oxygen atoms in total. The molecule has 1 amide bonds. The van der Waals surface area contributed by atoms with Gasteiger partial charge >= 0.3 is 5.97 Å². The van der Waals surface area contributed by atoms with E-state index in [0.717, 1.165) is 12.2 Å². The average molecular weight is 303 g/mol. The predicted octanol–water partition coefficient (Wildman–Crippen LogP) is 1.90. The van der Waals surface area contributed by atoms with E-state index in [2.05, 4.69) is 19.2 Å². The second kappa shape index (κ2) is 7.88. The minimum Gasteiger partial charge on any atom is -0.479 e. The smallest absolute Gasteiger partial charge is 0.330 e. The molecule has 2 atom stereocenters. The first kappa shape index (κ1) is 17.3. The van der Waals surface area contributed by atoms with Gasteiger partial charge in [0.05, 0.1) is 12.7 Å². The first-order chi connectivity index (χ1) is 9.35. The highest BCUT2D eigenvalue weighted by Crippen LogP contribution is 2.28. The minimum atomic E-state index is -1.08. The van der Waals surface area contributed by atoms with Gasteiger partial charge in [-0.05, 0) is 31.4 Å². The Morgan fingerprint density at radius 2 is 2.10 bits per heavy atom. The summed E-state index contributed by atoms with van der Waals surface area (Å²) in [6, 6.07) is 0. The first-order valence-corrected chi connectivity index (χ1v) is 8.25. The number of carboxylic acids is 1. The zero-order valence-corrected chi connectivity index (χ0v) is 13.3. The number of nitrogens with one attached hydrogen (secondary N) is 1. The van der Waals surface area contributed by atoms with E-state index >= 15 is 0 Å². The highest BCUT2D eigenvalue weighted by Gasteiger charge is 2.43. The van der Waals surface area contributed by atoms with E-state index < -0.39 is 11.5 Å². The molecule has 0 spiro atoms. The SMILES string of the molecule is CC(C)CC(C)OCCC(=O)NC1(C(=O)O)CCSC1. The summed E-state index contributed by atoms with van der Waals surface area (Å²) >= 11 is 1.56. The predicted molar refractivity (Wildman–Crippen MR) is 79.9 cm³/mol. The Hall–Kier alpha value is -0.750. The molecule has 0 radical (unpaired) electrons. The number of thioether (sulfide) groups is 1. The molecule has 2 unspecified atom stereocenters. The second-order valence-corrected chi connectivity index (χ2v) is 6.90. The lowest BCUT2D eigenvalue weighted by Gasteiger charge is -2.24. The summed E-state index contributed by atoms with van der Waals surface area (Å²) in [7, 11) is 0. The summed E-state index contributed by atoms with van der Waals surface area (Å²) in [5, 5.41) is 11.9. The molecule has 1 saturated heterocycles. The van der Waals surface area contributed by atoms with Gasteiger partial charge in [0, 0.05) is 12.2 Å². The van der Waals surface area contributed by atoms with Crippen molar-refractivity contribution in [3.63, 3.8) is 0 Å². The summed E-state index contributed by atoms with van der Waals surface area (Å²) < 4.78 is 5.57. The molecule has 116 valence electrons. The average Bonchev–Trinajstić information content (AvgIpc) is 2.77. The molecule has 1 aliphatic heterocycles. The molecule has 20 heavy (non-hydrogen) atoms. The number of carbonyl (C=O) groups excluding carboxylic acids is 1. The normalized spacial score (nSPS) is 23.8. The van der Waals surface area contributed by atoms with Gasteiger partial charge in [-0.2, -0.15) is 11.8 Å². The van der Waals surface area contributed by atoms with Crippen molar-refractivity contribution in [2.75, 3.05) is 18.1 Å². The Morgan fingerprint density at radius 1 is 1.40 bits per heavy atom. The Kier molecular flexibility index (Phi) is 6.82. The molecule has 0 aromatic heterocycles. The summed E-state index contributed by atoms with van der Waals surface area (Å²) in [4.78, 5) is 23.2. The number of ether oxygens (including phenoxy) is 1. The topological polar surface area (TPSA) is 75.6 Å². The van der Waals surface area contributed by atoms with Crippen LogP contribution in [0, 0.1) is 5.92 Å². The van der Waals surface area contributed by atoms with Crippen LogP contribution >= 0.6 is 11.8 Å². The van der Waals surface area contributed by atoms with Crippen LogP contribution in [0.5, 0.6) is 0 Å². The van der Waals surface area contributed by atoms with Crippen LogP contribution in [0.2, 0.25) is 0 Å². The number of rotatable bonds is 8. The molecule has 0 saturated carbocycles. The van der Waals surface area contributed by atoms with Gasteiger partial charge in [-0.1, -0.05) is 13.8 Å². The molecule has 1 rings (SSSR count). The van der Waals surface area contributed by atoms with E-state index in [1.165, 1.54) is 0 Å². The van der Waals surface area contributed by atoms with Gasteiger partial charge in [-0.3, -0.25) is 4.79 Å². The lowest BCUT2D eigenvalue weighted by Crippen LogP contribution is -2.54. The van der Waals surface area contributed by atoms with E-state index in [9.17, 15) is 14.7 Å². The zero-order valence-electron chi connectivity index (χ0n) is 12.5. The van der Waals surface area contributed by atoms with Crippen LogP contribution < -0.4 is 5.32 Å². The molecule has 1 heterocycles. The summed E-state index contributed by atoms with van der Waals surface area (Å²) in [5.41, 5.74) is -1.08. The van der Waals surface area contributed by atoms with Crippen molar-refractivity contribution >= 4 is 23.6 Å². The number of carbonyl (C=O) groups is 2. The van der Waals surface area contributed by atoms with Gasteiger partial charge in [-0.25, -0.2) is 4.79 Å². The highest BCUT2D eigenvalue weighted by molar-refractivity contribution is 7.99. The maximum Gasteiger partial charge on any atom is 0.330 e. The van der Waals surface area contributed by atoms with Gasteiger partial charge in [0.1, 0.15) is 5.54 Å². The number of hydrogen-bond donors (Lipinski definition) is 2. The van der Waals surface area contributed by atoms with Crippen molar-refractivity contribution in [2.45, 2.75) is 51.7 Å². The molecule has 6 heteroatoms. The number of carboxylic acid groups (broad SMARTS) is 1. The van der Waals surface area contributed by atoms with E-state index in [4.69, 9.17) is 4.74 Å². The van der Waals surface area contributed by atoms with Crippen LogP contribution in [-0.4, -0.2) is 46.7 Å².